The summed E-state index contributed by atoms with van der Waals surface area (Å²) in [4.78, 5) is 13.9. The molecule has 0 saturated carbocycles. The van der Waals surface area contributed by atoms with E-state index in [4.69, 9.17) is 9.98 Å². The topological polar surface area (TPSA) is 142 Å². The summed E-state index contributed by atoms with van der Waals surface area (Å²) in [5.41, 5.74) is 9.09. The number of aryl methyl sites for hydroxylation is 1. The third-order valence-corrected chi connectivity index (χ3v) is 11.7. The highest BCUT2D eigenvalue weighted by molar-refractivity contribution is 7.86. The fourth-order valence-corrected chi connectivity index (χ4v) is 7.71. The summed E-state index contributed by atoms with van der Waals surface area (Å²) in [5.74, 6) is -0.0988. The van der Waals surface area contributed by atoms with E-state index in [2.05, 4.69) is 91.7 Å². The number of aliphatic imine (C=N–C) groups is 2. The molecular weight excluding hydrogens is 649 g/mol. The number of fused-ring (bicyclic) bond motifs is 6. The SMILES string of the molecule is CC1=Nc2c(ccc3c2ccc[n+]3CCCCS(=O)(=O)[O-])C1(C)C.CC1=Nc2c(ccc3ncccc23)C1(C)C.O=S1(=O)CCCCO1. The van der Waals surface area contributed by atoms with E-state index in [1.807, 2.05) is 24.5 Å². The summed E-state index contributed by atoms with van der Waals surface area (Å²) in [6.45, 7) is 14.0. The molecule has 4 aromatic rings. The van der Waals surface area contributed by atoms with E-state index in [-0.39, 0.29) is 22.3 Å². The summed E-state index contributed by atoms with van der Waals surface area (Å²) in [6.07, 6.45) is 6.46. The molecule has 2 aromatic carbocycles. The van der Waals surface area contributed by atoms with Crippen LogP contribution in [0.5, 0.6) is 0 Å². The Morgan fingerprint density at radius 3 is 2.06 bits per heavy atom. The van der Waals surface area contributed by atoms with Crippen molar-refractivity contribution in [3.8, 4) is 0 Å². The number of pyridine rings is 2. The average molecular weight is 693 g/mol. The van der Waals surface area contributed by atoms with Gasteiger partial charge in [-0.15, -0.1) is 0 Å². The Labute approximate surface area is 283 Å². The highest BCUT2D eigenvalue weighted by Crippen LogP contribution is 2.44. The molecule has 0 N–H and O–H groups in total. The van der Waals surface area contributed by atoms with Crippen LogP contribution in [0.1, 0.15) is 78.4 Å². The average Bonchev–Trinajstić information content (AvgIpc) is 3.41. The molecule has 0 radical (unpaired) electrons. The molecule has 1 fully saturated rings. The molecule has 12 heteroatoms. The molecule has 0 unspecified atom stereocenters. The van der Waals surface area contributed by atoms with Crippen molar-refractivity contribution in [3.05, 3.63) is 72.1 Å². The summed E-state index contributed by atoms with van der Waals surface area (Å²) >= 11 is 0. The van der Waals surface area contributed by atoms with Gasteiger partial charge in [-0.05, 0) is 74.6 Å². The van der Waals surface area contributed by atoms with Gasteiger partial charge in [0.1, 0.15) is 6.54 Å². The van der Waals surface area contributed by atoms with Crippen LogP contribution in [-0.4, -0.2) is 55.9 Å². The number of unbranched alkanes of at least 4 members (excludes halogenated alkanes) is 1. The van der Waals surface area contributed by atoms with Gasteiger partial charge in [-0.3, -0.25) is 19.2 Å². The number of benzene rings is 2. The second kappa shape index (κ2) is 13.7. The maximum absolute atomic E-state index is 10.7. The van der Waals surface area contributed by atoms with E-state index >= 15 is 0 Å². The lowest BCUT2D eigenvalue weighted by Crippen LogP contribution is -2.34. The summed E-state index contributed by atoms with van der Waals surface area (Å²) in [6, 6.07) is 16.6. The van der Waals surface area contributed by atoms with E-state index in [1.165, 1.54) is 16.8 Å². The zero-order valence-electron chi connectivity index (χ0n) is 28.5. The van der Waals surface area contributed by atoms with Crippen molar-refractivity contribution in [2.45, 2.75) is 84.6 Å². The molecule has 1 saturated heterocycles. The van der Waals surface area contributed by atoms with Crippen LogP contribution in [0.4, 0.5) is 11.4 Å². The maximum atomic E-state index is 10.7. The van der Waals surface area contributed by atoms with Crippen molar-refractivity contribution in [2.75, 3.05) is 18.1 Å². The predicted molar refractivity (Wildman–Crippen MR) is 190 cm³/mol. The van der Waals surface area contributed by atoms with Gasteiger partial charge in [0, 0.05) is 58.1 Å². The van der Waals surface area contributed by atoms with Crippen LogP contribution >= 0.6 is 0 Å². The molecule has 3 aliphatic rings. The molecule has 0 amide bonds. The second-order valence-electron chi connectivity index (χ2n) is 13.5. The van der Waals surface area contributed by atoms with Crippen LogP contribution in [0.3, 0.4) is 0 Å². The number of hydrogen-bond acceptors (Lipinski definition) is 9. The van der Waals surface area contributed by atoms with Crippen LogP contribution in [0.15, 0.2) is 70.9 Å². The van der Waals surface area contributed by atoms with Gasteiger partial charge in [0.2, 0.25) is 5.52 Å². The molecule has 0 spiro atoms. The zero-order chi connectivity index (χ0) is 34.9. The summed E-state index contributed by atoms with van der Waals surface area (Å²) < 4.78 is 59.5. The molecule has 0 atom stereocenters. The van der Waals surface area contributed by atoms with Crippen molar-refractivity contribution in [2.24, 2.45) is 9.98 Å². The first-order chi connectivity index (χ1) is 22.5. The molecular formula is C36H44N4O6S2. The Bertz CT molecular complexity index is 2130. The van der Waals surface area contributed by atoms with Gasteiger partial charge < -0.3 is 4.55 Å². The van der Waals surface area contributed by atoms with Gasteiger partial charge in [0.15, 0.2) is 6.20 Å². The van der Waals surface area contributed by atoms with E-state index in [0.29, 0.717) is 26.0 Å². The van der Waals surface area contributed by atoms with Crippen molar-refractivity contribution in [1.29, 1.82) is 0 Å². The molecule has 5 heterocycles. The minimum absolute atomic E-state index is 0.0489. The Kier molecular flexibility index (Phi) is 10.2. The maximum Gasteiger partial charge on any atom is 0.267 e. The number of nitrogens with zero attached hydrogens (tertiary/aromatic N) is 4. The van der Waals surface area contributed by atoms with Crippen LogP contribution in [0.25, 0.3) is 21.8 Å². The van der Waals surface area contributed by atoms with E-state index in [9.17, 15) is 21.4 Å². The first-order valence-corrected chi connectivity index (χ1v) is 19.4. The molecule has 256 valence electrons. The van der Waals surface area contributed by atoms with Crippen molar-refractivity contribution >= 4 is 64.8 Å². The molecule has 3 aliphatic heterocycles. The van der Waals surface area contributed by atoms with Crippen LogP contribution < -0.4 is 4.57 Å². The third-order valence-electron chi connectivity index (χ3n) is 9.60. The first-order valence-electron chi connectivity index (χ1n) is 16.3. The fourth-order valence-electron chi connectivity index (χ4n) is 6.11. The molecule has 0 aliphatic carbocycles. The van der Waals surface area contributed by atoms with Gasteiger partial charge in [0.05, 0.1) is 44.8 Å². The Morgan fingerprint density at radius 1 is 0.854 bits per heavy atom. The summed E-state index contributed by atoms with van der Waals surface area (Å²) in [7, 11) is -7.21. The number of hydrogen-bond donors (Lipinski definition) is 0. The Balaban J connectivity index is 0.000000160. The predicted octanol–water partition coefficient (Wildman–Crippen LogP) is 6.58. The lowest BCUT2D eigenvalue weighted by Gasteiger charge is -2.19. The highest BCUT2D eigenvalue weighted by Gasteiger charge is 2.34. The van der Waals surface area contributed by atoms with Crippen LogP contribution in [0, 0.1) is 0 Å². The smallest absolute Gasteiger partial charge is 0.267 e. The highest BCUT2D eigenvalue weighted by atomic mass is 32.2. The van der Waals surface area contributed by atoms with E-state index in [1.54, 1.807) is 0 Å². The normalized spacial score (nSPS) is 18.5. The Morgan fingerprint density at radius 2 is 1.48 bits per heavy atom. The minimum atomic E-state index is -4.13. The quantitative estimate of drug-likeness (QED) is 0.0995. The lowest BCUT2D eigenvalue weighted by atomic mass is 9.82. The molecule has 2 aromatic heterocycles. The Hall–Kier alpha value is -3.58. The number of rotatable bonds is 5. The largest absolute Gasteiger partial charge is 0.748 e. The zero-order valence-corrected chi connectivity index (χ0v) is 30.1. The fraction of sp³-hybridized carbons (Fsp3) is 0.444. The summed E-state index contributed by atoms with van der Waals surface area (Å²) in [5, 5.41) is 2.27. The lowest BCUT2D eigenvalue weighted by molar-refractivity contribution is -0.671. The molecule has 10 nitrogen and oxygen atoms in total. The molecule has 48 heavy (non-hydrogen) atoms. The first kappa shape index (κ1) is 35.7. The van der Waals surface area contributed by atoms with Crippen LogP contribution in [0.2, 0.25) is 0 Å². The van der Waals surface area contributed by atoms with Gasteiger partial charge in [-0.25, -0.2) is 8.42 Å². The van der Waals surface area contributed by atoms with E-state index < -0.39 is 20.2 Å². The van der Waals surface area contributed by atoms with Gasteiger partial charge in [-0.2, -0.15) is 13.0 Å². The third kappa shape index (κ3) is 7.67. The van der Waals surface area contributed by atoms with Gasteiger partial charge >= 0.3 is 0 Å². The van der Waals surface area contributed by atoms with Crippen molar-refractivity contribution in [1.82, 2.24) is 4.98 Å². The van der Waals surface area contributed by atoms with Crippen molar-refractivity contribution < 1.29 is 30.1 Å². The molecule has 0 bridgehead atoms. The van der Waals surface area contributed by atoms with E-state index in [0.717, 1.165) is 51.7 Å². The monoisotopic (exact) mass is 692 g/mol. The van der Waals surface area contributed by atoms with Gasteiger partial charge in [-0.1, -0.05) is 33.8 Å². The van der Waals surface area contributed by atoms with Crippen LogP contribution in [-0.2, 0) is 41.8 Å². The number of aromatic nitrogens is 2. The van der Waals surface area contributed by atoms with Crippen molar-refractivity contribution in [3.63, 3.8) is 0 Å². The minimum Gasteiger partial charge on any atom is -0.748 e. The standard InChI is InChI=1S/C18H22N2O3S.C14H14N2.C4H8O3S/c1-13-18(2,3)15-8-9-16-14(17(15)19-13)7-6-11-20(16)10-4-5-12-24(21,22)23;1-9-14(2,3)11-6-7-12-10(13(11)16-9)5-4-8-15-12;5-8(6)4-2-1-3-7-8/h6-9,11H,4-5,10,12H2,1-3H3;4-8H,1-3H3;1-4H2. The van der Waals surface area contributed by atoms with Gasteiger partial charge in [0.25, 0.3) is 10.1 Å². The molecule has 7 rings (SSSR count). The second-order valence-corrected chi connectivity index (χ2v) is 16.8.